The molecule has 0 bridgehead atoms. The summed E-state index contributed by atoms with van der Waals surface area (Å²) in [5.74, 6) is 0. The number of hydrogen-bond acceptors (Lipinski definition) is 0. The van der Waals surface area contributed by atoms with Crippen molar-refractivity contribution in [2.24, 2.45) is 0 Å². The first kappa shape index (κ1) is 30.5. The Labute approximate surface area is 235 Å². The Balaban J connectivity index is 2.55. The Kier molecular flexibility index (Phi) is 7.43. The molecule has 0 saturated carbocycles. The molecular formula is C36H57Ge. The first-order valence-electron chi connectivity index (χ1n) is 14.5. The van der Waals surface area contributed by atoms with E-state index in [1.165, 1.54) is 16.4 Å². The average molecular weight is 562 g/mol. The van der Waals surface area contributed by atoms with E-state index in [9.17, 15) is 0 Å². The molecule has 2 aromatic carbocycles. The Morgan fingerprint density at radius 1 is 0.486 bits per heavy atom. The van der Waals surface area contributed by atoms with Crippen molar-refractivity contribution in [1.82, 2.24) is 0 Å². The minimum absolute atomic E-state index is 0.108. The van der Waals surface area contributed by atoms with Crippen molar-refractivity contribution in [2.45, 2.75) is 155 Å². The van der Waals surface area contributed by atoms with Crippen molar-refractivity contribution in [3.63, 3.8) is 0 Å². The van der Waals surface area contributed by atoms with Gasteiger partial charge >= 0.3 is 236 Å². The van der Waals surface area contributed by atoms with Crippen LogP contribution in [0.5, 0.6) is 0 Å². The van der Waals surface area contributed by atoms with E-state index in [0.29, 0.717) is 0 Å². The molecule has 0 saturated heterocycles. The summed E-state index contributed by atoms with van der Waals surface area (Å²) in [6.45, 7) is 41.3. The van der Waals surface area contributed by atoms with Crippen LogP contribution in [0.25, 0.3) is 0 Å². The topological polar surface area (TPSA) is 0 Å². The van der Waals surface area contributed by atoms with Gasteiger partial charge in [0, 0.05) is 0 Å². The van der Waals surface area contributed by atoms with Gasteiger partial charge in [0.2, 0.25) is 0 Å². The SMILES string of the molecule is CC(C)(C)c1cc(C(C)(C)C)[c]([Ge]2[CH2]C(C)(C)c3cc(C(C)(C)C)cc(C(C)(C)C)[c]32)c(C(C)(C)C)c1. The molecule has 0 aliphatic carbocycles. The molecule has 1 heteroatoms. The molecule has 0 unspecified atom stereocenters. The van der Waals surface area contributed by atoms with E-state index in [1.54, 1.807) is 31.0 Å². The van der Waals surface area contributed by atoms with Crippen molar-refractivity contribution < 1.29 is 0 Å². The summed E-state index contributed by atoms with van der Waals surface area (Å²) in [6, 6.07) is 10.4. The molecular weight excluding hydrogens is 505 g/mol. The number of rotatable bonds is 1. The summed E-state index contributed by atoms with van der Waals surface area (Å²) in [5.41, 5.74) is 10.3. The number of hydrogen-bond donors (Lipinski definition) is 0. The fraction of sp³-hybridized carbons (Fsp3) is 0.667. The van der Waals surface area contributed by atoms with Crippen LogP contribution in [0.1, 0.15) is 151 Å². The van der Waals surface area contributed by atoms with E-state index in [2.05, 4.69) is 142 Å². The quantitative estimate of drug-likeness (QED) is 0.304. The van der Waals surface area contributed by atoms with E-state index in [-0.39, 0.29) is 32.5 Å². The third-order valence-electron chi connectivity index (χ3n) is 8.38. The third-order valence-corrected chi connectivity index (χ3v) is 15.8. The second kappa shape index (κ2) is 9.00. The molecule has 2 aromatic rings. The molecule has 0 N–H and O–H groups in total. The number of fused-ring (bicyclic) bond motifs is 1. The second-order valence-electron chi connectivity index (χ2n) is 17.7. The van der Waals surface area contributed by atoms with Gasteiger partial charge in [-0.2, -0.15) is 0 Å². The van der Waals surface area contributed by atoms with E-state index >= 15 is 0 Å². The molecule has 0 spiro atoms. The van der Waals surface area contributed by atoms with Gasteiger partial charge in [-0.25, -0.2) is 0 Å². The third kappa shape index (κ3) is 5.95. The Morgan fingerprint density at radius 3 is 1.14 bits per heavy atom. The minimum atomic E-state index is -1.92. The van der Waals surface area contributed by atoms with E-state index in [4.69, 9.17) is 0 Å². The molecule has 1 radical (unpaired) electrons. The molecule has 1 aliphatic rings. The fourth-order valence-electron chi connectivity index (χ4n) is 5.95. The Bertz CT molecular complexity index is 1140. The van der Waals surface area contributed by atoms with Crippen LogP contribution in [0.3, 0.4) is 0 Å². The van der Waals surface area contributed by atoms with Gasteiger partial charge in [-0.1, -0.05) is 0 Å². The van der Waals surface area contributed by atoms with Crippen molar-refractivity contribution in [1.29, 1.82) is 0 Å². The van der Waals surface area contributed by atoms with Crippen LogP contribution < -0.4 is 8.79 Å². The van der Waals surface area contributed by atoms with Gasteiger partial charge < -0.3 is 0 Å². The zero-order valence-corrected chi connectivity index (χ0v) is 29.6. The predicted octanol–water partition coefficient (Wildman–Crippen LogP) is 9.07. The summed E-state index contributed by atoms with van der Waals surface area (Å²) < 4.78 is 3.55. The van der Waals surface area contributed by atoms with E-state index in [1.807, 2.05) is 0 Å². The predicted molar refractivity (Wildman–Crippen MR) is 169 cm³/mol. The molecule has 0 aromatic heterocycles. The summed E-state index contributed by atoms with van der Waals surface area (Å²) in [6.07, 6.45) is 0. The first-order chi connectivity index (χ1) is 16.3. The van der Waals surface area contributed by atoms with Crippen LogP contribution in [0, 0.1) is 0 Å². The van der Waals surface area contributed by atoms with Crippen molar-refractivity contribution in [2.75, 3.05) is 0 Å². The van der Waals surface area contributed by atoms with Gasteiger partial charge in [0.1, 0.15) is 0 Å². The van der Waals surface area contributed by atoms with Crippen LogP contribution >= 0.6 is 0 Å². The molecule has 205 valence electrons. The second-order valence-corrected chi connectivity index (χ2v) is 22.5. The summed E-state index contributed by atoms with van der Waals surface area (Å²) in [7, 11) is 0. The molecule has 0 nitrogen and oxygen atoms in total. The monoisotopic (exact) mass is 563 g/mol. The fourth-order valence-corrected chi connectivity index (χ4v) is 15.9. The zero-order valence-electron chi connectivity index (χ0n) is 27.5. The van der Waals surface area contributed by atoms with Gasteiger partial charge in [0.15, 0.2) is 0 Å². The molecule has 1 aliphatic heterocycles. The Morgan fingerprint density at radius 2 is 0.811 bits per heavy atom. The number of benzene rings is 2. The zero-order chi connectivity index (χ0) is 28.7. The van der Waals surface area contributed by atoms with Gasteiger partial charge in [-0.05, 0) is 0 Å². The normalized spacial score (nSPS) is 17.3. The van der Waals surface area contributed by atoms with Crippen LogP contribution in [0.2, 0.25) is 5.25 Å². The van der Waals surface area contributed by atoms with Crippen LogP contribution in [0.4, 0.5) is 0 Å². The van der Waals surface area contributed by atoms with Crippen LogP contribution in [-0.2, 0) is 32.5 Å². The van der Waals surface area contributed by atoms with E-state index < -0.39 is 14.3 Å². The molecule has 3 rings (SSSR count). The summed E-state index contributed by atoms with van der Waals surface area (Å²) >= 11 is -1.92. The van der Waals surface area contributed by atoms with Crippen LogP contribution in [-0.4, -0.2) is 14.3 Å². The summed E-state index contributed by atoms with van der Waals surface area (Å²) in [4.78, 5) is 0. The molecule has 0 amide bonds. The molecule has 1 heterocycles. The maximum absolute atomic E-state index is 2.61. The standard InChI is InChI=1S/C36H57Ge/c1-31(2,3)23-18-25(33(7,8)9)29(26(19-23)34(10,11)12)37-22-36(16,17)28-21-24(32(4,5)6)20-27(30(28)37)35(13,14)15/h18-21H,22H2,1-17H3. The van der Waals surface area contributed by atoms with Gasteiger partial charge in [0.25, 0.3) is 0 Å². The molecule has 0 atom stereocenters. The van der Waals surface area contributed by atoms with E-state index in [0.717, 1.165) is 0 Å². The van der Waals surface area contributed by atoms with Crippen molar-refractivity contribution in [3.05, 3.63) is 57.6 Å². The van der Waals surface area contributed by atoms with Crippen molar-refractivity contribution >= 4 is 23.1 Å². The van der Waals surface area contributed by atoms with Crippen LogP contribution in [0.15, 0.2) is 24.3 Å². The molecule has 0 fully saturated rings. The molecule has 37 heavy (non-hydrogen) atoms. The first-order valence-corrected chi connectivity index (χ1v) is 18.1. The summed E-state index contributed by atoms with van der Waals surface area (Å²) in [5, 5.41) is 1.33. The maximum atomic E-state index is 2.61. The van der Waals surface area contributed by atoms with Gasteiger partial charge in [-0.3, -0.25) is 0 Å². The van der Waals surface area contributed by atoms with Gasteiger partial charge in [0.05, 0.1) is 0 Å². The van der Waals surface area contributed by atoms with Crippen molar-refractivity contribution in [3.8, 4) is 0 Å². The average Bonchev–Trinajstić information content (AvgIpc) is 2.93. The Hall–Kier alpha value is -1.02. The van der Waals surface area contributed by atoms with Gasteiger partial charge in [-0.15, -0.1) is 0 Å².